The molecule has 1 aromatic carbocycles. The van der Waals surface area contributed by atoms with Crippen LogP contribution >= 0.6 is 15.9 Å². The number of ether oxygens (including phenoxy) is 1. The lowest BCUT2D eigenvalue weighted by Gasteiger charge is -2.13. The van der Waals surface area contributed by atoms with Crippen LogP contribution in [-0.2, 0) is 0 Å². The number of hydrogen-bond acceptors (Lipinski definition) is 4. The van der Waals surface area contributed by atoms with E-state index < -0.39 is 11.6 Å². The predicted octanol–water partition coefficient (Wildman–Crippen LogP) is 4.31. The predicted molar refractivity (Wildman–Crippen MR) is 82.3 cm³/mol. The molecule has 7 heteroatoms. The van der Waals surface area contributed by atoms with E-state index in [-0.39, 0.29) is 11.6 Å². The SMILES string of the molecule is CCNc1nc(Nc2cc(Br)ccc2OC)c(F)cc1F. The zero-order valence-electron chi connectivity index (χ0n) is 11.5. The van der Waals surface area contributed by atoms with E-state index in [1.165, 1.54) is 7.11 Å². The van der Waals surface area contributed by atoms with Crippen LogP contribution in [0.3, 0.4) is 0 Å². The fourth-order valence-electron chi connectivity index (χ4n) is 1.75. The van der Waals surface area contributed by atoms with Crippen molar-refractivity contribution in [3.63, 3.8) is 0 Å². The zero-order valence-corrected chi connectivity index (χ0v) is 13.1. The third-order valence-electron chi connectivity index (χ3n) is 2.69. The van der Waals surface area contributed by atoms with Crippen molar-refractivity contribution in [2.75, 3.05) is 24.3 Å². The van der Waals surface area contributed by atoms with Gasteiger partial charge in [-0.1, -0.05) is 15.9 Å². The Labute approximate surface area is 129 Å². The van der Waals surface area contributed by atoms with Crippen LogP contribution in [0, 0.1) is 11.6 Å². The highest BCUT2D eigenvalue weighted by atomic mass is 79.9. The number of nitrogens with zero attached hydrogens (tertiary/aromatic N) is 1. The van der Waals surface area contributed by atoms with E-state index in [1.54, 1.807) is 25.1 Å². The first-order valence-corrected chi connectivity index (χ1v) is 7.05. The van der Waals surface area contributed by atoms with Crippen LogP contribution in [0.2, 0.25) is 0 Å². The molecule has 0 aliphatic heterocycles. The Morgan fingerprint density at radius 1 is 1.19 bits per heavy atom. The van der Waals surface area contributed by atoms with E-state index in [0.717, 1.165) is 10.5 Å². The maximum Gasteiger partial charge on any atom is 0.169 e. The van der Waals surface area contributed by atoms with Crippen molar-refractivity contribution < 1.29 is 13.5 Å². The second-order valence-electron chi connectivity index (χ2n) is 4.15. The molecule has 0 aliphatic rings. The Balaban J connectivity index is 2.39. The van der Waals surface area contributed by atoms with Crippen molar-refractivity contribution in [1.82, 2.24) is 4.98 Å². The highest BCUT2D eigenvalue weighted by molar-refractivity contribution is 9.10. The summed E-state index contributed by atoms with van der Waals surface area (Å²) >= 11 is 3.33. The molecule has 1 heterocycles. The molecule has 0 saturated carbocycles. The van der Waals surface area contributed by atoms with Gasteiger partial charge in [-0.25, -0.2) is 13.8 Å². The van der Waals surface area contributed by atoms with Gasteiger partial charge in [-0.15, -0.1) is 0 Å². The van der Waals surface area contributed by atoms with Gasteiger partial charge in [-0.2, -0.15) is 0 Å². The average molecular weight is 358 g/mol. The molecule has 2 aromatic rings. The van der Waals surface area contributed by atoms with Gasteiger partial charge in [0.15, 0.2) is 23.3 Å². The normalized spacial score (nSPS) is 10.3. The fraction of sp³-hybridized carbons (Fsp3) is 0.214. The molecule has 4 nitrogen and oxygen atoms in total. The topological polar surface area (TPSA) is 46.2 Å². The number of pyridine rings is 1. The number of nitrogens with one attached hydrogen (secondary N) is 2. The van der Waals surface area contributed by atoms with Crippen molar-refractivity contribution in [2.45, 2.75) is 6.92 Å². The molecule has 0 aliphatic carbocycles. The molecule has 112 valence electrons. The Morgan fingerprint density at radius 3 is 2.57 bits per heavy atom. The van der Waals surface area contributed by atoms with E-state index in [4.69, 9.17) is 4.74 Å². The molecule has 0 spiro atoms. The number of hydrogen-bond donors (Lipinski definition) is 2. The zero-order chi connectivity index (χ0) is 15.4. The molecule has 0 amide bonds. The Morgan fingerprint density at radius 2 is 1.90 bits per heavy atom. The van der Waals surface area contributed by atoms with Crippen molar-refractivity contribution in [3.05, 3.63) is 40.4 Å². The Hall–Kier alpha value is -1.89. The summed E-state index contributed by atoms with van der Waals surface area (Å²) in [7, 11) is 1.51. The monoisotopic (exact) mass is 357 g/mol. The second-order valence-corrected chi connectivity index (χ2v) is 5.06. The number of rotatable bonds is 5. The van der Waals surface area contributed by atoms with Crippen molar-refractivity contribution in [3.8, 4) is 5.75 Å². The van der Waals surface area contributed by atoms with Gasteiger partial charge in [0, 0.05) is 17.1 Å². The lowest BCUT2D eigenvalue weighted by atomic mass is 10.3. The van der Waals surface area contributed by atoms with E-state index in [0.29, 0.717) is 18.0 Å². The molecular formula is C14H14BrF2N3O. The quantitative estimate of drug-likeness (QED) is 0.836. The summed E-state index contributed by atoms with van der Waals surface area (Å²) < 4.78 is 33.4. The van der Waals surface area contributed by atoms with Gasteiger partial charge in [0.2, 0.25) is 0 Å². The Kier molecular flexibility index (Phi) is 4.95. The summed E-state index contributed by atoms with van der Waals surface area (Å²) in [6.07, 6.45) is 0. The molecule has 0 unspecified atom stereocenters. The minimum Gasteiger partial charge on any atom is -0.495 e. The van der Waals surface area contributed by atoms with Crippen molar-refractivity contribution in [1.29, 1.82) is 0 Å². The maximum absolute atomic E-state index is 13.8. The minimum atomic E-state index is -0.781. The van der Waals surface area contributed by atoms with Crippen LogP contribution in [0.25, 0.3) is 0 Å². The number of benzene rings is 1. The molecular weight excluding hydrogens is 344 g/mol. The number of methoxy groups -OCH3 is 1. The van der Waals surface area contributed by atoms with Gasteiger partial charge < -0.3 is 15.4 Å². The van der Waals surface area contributed by atoms with E-state index in [9.17, 15) is 8.78 Å². The standard InChI is InChI=1S/C14H14BrF2N3O/c1-3-18-13-9(16)7-10(17)14(20-13)19-11-6-8(15)4-5-12(11)21-2/h4-7H,3H2,1-2H3,(H2,18,19,20). The highest BCUT2D eigenvalue weighted by Gasteiger charge is 2.13. The molecule has 1 aromatic heterocycles. The lowest BCUT2D eigenvalue weighted by molar-refractivity contribution is 0.416. The molecule has 2 rings (SSSR count). The largest absolute Gasteiger partial charge is 0.495 e. The minimum absolute atomic E-state index is 0.00429. The highest BCUT2D eigenvalue weighted by Crippen LogP contribution is 2.31. The second kappa shape index (κ2) is 6.71. The first-order chi connectivity index (χ1) is 10.0. The molecule has 21 heavy (non-hydrogen) atoms. The van der Waals surface area contributed by atoms with Gasteiger partial charge >= 0.3 is 0 Å². The molecule has 2 N–H and O–H groups in total. The van der Waals surface area contributed by atoms with Crippen LogP contribution in [0.4, 0.5) is 26.1 Å². The lowest BCUT2D eigenvalue weighted by Crippen LogP contribution is -2.06. The molecule has 0 saturated heterocycles. The first kappa shape index (κ1) is 15.5. The third-order valence-corrected chi connectivity index (χ3v) is 3.18. The number of halogens is 3. The molecule has 0 fully saturated rings. The smallest absolute Gasteiger partial charge is 0.169 e. The summed E-state index contributed by atoms with van der Waals surface area (Å²) in [6, 6.07) is 6.02. The fourth-order valence-corrected chi connectivity index (χ4v) is 2.11. The summed E-state index contributed by atoms with van der Waals surface area (Å²) in [6.45, 7) is 2.28. The summed E-state index contributed by atoms with van der Waals surface area (Å²) in [5, 5.41) is 5.55. The van der Waals surface area contributed by atoms with E-state index in [1.807, 2.05) is 0 Å². The van der Waals surface area contributed by atoms with Gasteiger partial charge in [0.1, 0.15) is 5.75 Å². The summed E-state index contributed by atoms with van der Waals surface area (Å²) in [4.78, 5) is 3.92. The Bertz CT molecular complexity index is 652. The molecule has 0 bridgehead atoms. The maximum atomic E-state index is 13.8. The van der Waals surface area contributed by atoms with Gasteiger partial charge in [-0.3, -0.25) is 0 Å². The van der Waals surface area contributed by atoms with Crippen molar-refractivity contribution >= 4 is 33.3 Å². The van der Waals surface area contributed by atoms with Crippen LogP contribution < -0.4 is 15.4 Å². The molecule has 0 atom stereocenters. The third kappa shape index (κ3) is 3.60. The van der Waals surface area contributed by atoms with Gasteiger partial charge in [0.05, 0.1) is 12.8 Å². The van der Waals surface area contributed by atoms with Gasteiger partial charge in [-0.05, 0) is 25.1 Å². The van der Waals surface area contributed by atoms with Crippen LogP contribution in [0.5, 0.6) is 5.75 Å². The summed E-state index contributed by atoms with van der Waals surface area (Å²) in [5.41, 5.74) is 0.521. The first-order valence-electron chi connectivity index (χ1n) is 6.25. The van der Waals surface area contributed by atoms with Gasteiger partial charge in [0.25, 0.3) is 0 Å². The molecule has 0 radical (unpaired) electrons. The average Bonchev–Trinajstić information content (AvgIpc) is 2.44. The van der Waals surface area contributed by atoms with E-state index >= 15 is 0 Å². The van der Waals surface area contributed by atoms with Crippen LogP contribution in [0.1, 0.15) is 6.92 Å². The van der Waals surface area contributed by atoms with E-state index in [2.05, 4.69) is 31.5 Å². The number of aromatic nitrogens is 1. The number of anilines is 3. The summed E-state index contributed by atoms with van der Waals surface area (Å²) in [5.74, 6) is -1.08. The van der Waals surface area contributed by atoms with Crippen molar-refractivity contribution in [2.24, 2.45) is 0 Å². The van der Waals surface area contributed by atoms with Crippen LogP contribution in [-0.4, -0.2) is 18.6 Å². The van der Waals surface area contributed by atoms with Crippen LogP contribution in [0.15, 0.2) is 28.7 Å².